The predicted octanol–water partition coefficient (Wildman–Crippen LogP) is 6.60. The smallest absolute Gasteiger partial charge is 0.274 e. The molecule has 0 radical (unpaired) electrons. The number of nitrogens with zero attached hydrogens (tertiary/aromatic N) is 2. The van der Waals surface area contributed by atoms with Gasteiger partial charge in [-0.15, -0.1) is 0 Å². The van der Waals surface area contributed by atoms with Gasteiger partial charge in [0.2, 0.25) is 0 Å². The van der Waals surface area contributed by atoms with Gasteiger partial charge in [-0.3, -0.25) is 4.79 Å². The second-order valence-corrected chi connectivity index (χ2v) is 9.53. The van der Waals surface area contributed by atoms with Crippen molar-refractivity contribution in [3.8, 4) is 28.3 Å². The van der Waals surface area contributed by atoms with E-state index in [4.69, 9.17) is 9.72 Å². The fraction of sp³-hybridized carbons (Fsp3) is 0.200. The number of rotatable bonds is 9. The van der Waals surface area contributed by atoms with Crippen LogP contribution in [0.4, 0.5) is 0 Å². The van der Waals surface area contributed by atoms with E-state index in [1.165, 1.54) is 30.6 Å². The summed E-state index contributed by atoms with van der Waals surface area (Å²) in [5.41, 5.74) is 4.46. The standard InChI is InChI=1S/C30H28N2O2S/c1-2-3-4-13-20-34-25-19-12-11-18-24(25)21-26-29(33)32-28(23-16-9-6-10-17-23)27(31-30(32)35-26)22-14-7-5-8-15-22/h5-12,14-19,21H,2-4,13,20H2,1H3. The average molecular weight is 481 g/mol. The van der Waals surface area contributed by atoms with Gasteiger partial charge in [-0.2, -0.15) is 0 Å². The predicted molar refractivity (Wildman–Crippen MR) is 145 cm³/mol. The van der Waals surface area contributed by atoms with Gasteiger partial charge in [0.25, 0.3) is 5.56 Å². The Balaban J connectivity index is 1.59. The highest BCUT2D eigenvalue weighted by Gasteiger charge is 2.20. The highest BCUT2D eigenvalue weighted by Crippen LogP contribution is 2.32. The van der Waals surface area contributed by atoms with Crippen LogP contribution in [0.25, 0.3) is 33.6 Å². The van der Waals surface area contributed by atoms with Crippen molar-refractivity contribution >= 4 is 22.4 Å². The van der Waals surface area contributed by atoms with Crippen LogP contribution in [0.1, 0.15) is 38.2 Å². The second kappa shape index (κ2) is 10.7. The number of para-hydroxylation sites is 1. The third kappa shape index (κ3) is 4.91. The molecule has 0 bridgehead atoms. The van der Waals surface area contributed by atoms with Crippen molar-refractivity contribution in [1.29, 1.82) is 0 Å². The van der Waals surface area contributed by atoms with Crippen LogP contribution in [0.2, 0.25) is 0 Å². The van der Waals surface area contributed by atoms with Gasteiger partial charge in [-0.25, -0.2) is 9.38 Å². The SMILES string of the molecule is CCCCCCOc1ccccc1C=c1sc2nc(-c3ccccc3)c(-c3ccccc3)n2c1=O. The van der Waals surface area contributed by atoms with Gasteiger partial charge in [0, 0.05) is 16.7 Å². The number of aromatic nitrogens is 2. The van der Waals surface area contributed by atoms with Crippen molar-refractivity contribution in [2.24, 2.45) is 0 Å². The fourth-order valence-electron chi connectivity index (χ4n) is 4.24. The lowest BCUT2D eigenvalue weighted by Crippen LogP contribution is -2.23. The zero-order valence-corrected chi connectivity index (χ0v) is 20.6. The molecule has 0 aliphatic carbocycles. The zero-order valence-electron chi connectivity index (χ0n) is 19.8. The molecule has 5 aromatic rings. The number of ether oxygens (including phenoxy) is 1. The van der Waals surface area contributed by atoms with Gasteiger partial charge in [0.05, 0.1) is 22.5 Å². The number of unbranched alkanes of at least 4 members (excludes halogenated alkanes) is 3. The third-order valence-electron chi connectivity index (χ3n) is 6.02. The summed E-state index contributed by atoms with van der Waals surface area (Å²) in [5, 5.41) is 0. The minimum atomic E-state index is -0.0590. The number of hydrogen-bond acceptors (Lipinski definition) is 4. The second-order valence-electron chi connectivity index (χ2n) is 8.52. The van der Waals surface area contributed by atoms with E-state index in [0.29, 0.717) is 16.1 Å². The van der Waals surface area contributed by atoms with Crippen molar-refractivity contribution in [3.63, 3.8) is 0 Å². The molecule has 35 heavy (non-hydrogen) atoms. The number of thiazole rings is 1. The van der Waals surface area contributed by atoms with Gasteiger partial charge >= 0.3 is 0 Å². The molecule has 0 aliphatic rings. The number of imidazole rings is 1. The van der Waals surface area contributed by atoms with Gasteiger partial charge in [-0.1, -0.05) is 116 Å². The maximum absolute atomic E-state index is 13.7. The molecular formula is C30H28N2O2S. The molecule has 2 heterocycles. The van der Waals surface area contributed by atoms with Crippen molar-refractivity contribution < 1.29 is 4.74 Å². The minimum absolute atomic E-state index is 0.0590. The van der Waals surface area contributed by atoms with Crippen LogP contribution < -0.4 is 14.8 Å². The first-order chi connectivity index (χ1) is 17.3. The Morgan fingerprint density at radius 3 is 2.29 bits per heavy atom. The molecular weight excluding hydrogens is 452 g/mol. The molecule has 176 valence electrons. The van der Waals surface area contributed by atoms with Crippen molar-refractivity contribution in [2.45, 2.75) is 32.6 Å². The summed E-state index contributed by atoms with van der Waals surface area (Å²) in [4.78, 5) is 19.3. The van der Waals surface area contributed by atoms with E-state index in [0.717, 1.165) is 40.2 Å². The maximum Gasteiger partial charge on any atom is 0.274 e. The van der Waals surface area contributed by atoms with Crippen LogP contribution in [-0.4, -0.2) is 16.0 Å². The quantitative estimate of drug-likeness (QED) is 0.223. The number of fused-ring (bicyclic) bond motifs is 1. The summed E-state index contributed by atoms with van der Waals surface area (Å²) >= 11 is 1.41. The molecule has 0 fully saturated rings. The number of benzene rings is 3. The van der Waals surface area contributed by atoms with E-state index in [1.807, 2.05) is 91.0 Å². The average Bonchev–Trinajstić information content (AvgIpc) is 3.42. The Morgan fingerprint density at radius 2 is 1.54 bits per heavy atom. The highest BCUT2D eigenvalue weighted by molar-refractivity contribution is 7.15. The lowest BCUT2D eigenvalue weighted by atomic mass is 10.1. The lowest BCUT2D eigenvalue weighted by molar-refractivity contribution is 0.304. The van der Waals surface area contributed by atoms with E-state index < -0.39 is 0 Å². The monoisotopic (exact) mass is 480 g/mol. The molecule has 4 nitrogen and oxygen atoms in total. The maximum atomic E-state index is 13.7. The summed E-state index contributed by atoms with van der Waals surface area (Å²) < 4.78 is 8.47. The molecule has 5 rings (SSSR count). The molecule has 0 amide bonds. The Bertz CT molecular complexity index is 1520. The van der Waals surface area contributed by atoms with Crippen LogP contribution in [0.15, 0.2) is 89.7 Å². The Kier molecular flexibility index (Phi) is 7.05. The Hall–Kier alpha value is -3.70. The molecule has 0 spiro atoms. The highest BCUT2D eigenvalue weighted by atomic mass is 32.1. The molecule has 0 N–H and O–H groups in total. The molecule has 0 aliphatic heterocycles. The lowest BCUT2D eigenvalue weighted by Gasteiger charge is -2.08. The van der Waals surface area contributed by atoms with E-state index in [2.05, 4.69) is 6.92 Å². The minimum Gasteiger partial charge on any atom is -0.493 e. The van der Waals surface area contributed by atoms with E-state index in [9.17, 15) is 4.79 Å². The van der Waals surface area contributed by atoms with Gasteiger partial charge < -0.3 is 4.74 Å². The first-order valence-corrected chi connectivity index (χ1v) is 13.0. The van der Waals surface area contributed by atoms with Crippen molar-refractivity contribution in [2.75, 3.05) is 6.61 Å². The molecule has 0 atom stereocenters. The first-order valence-electron chi connectivity index (χ1n) is 12.2. The van der Waals surface area contributed by atoms with Gasteiger partial charge in [-0.05, 0) is 18.6 Å². The fourth-order valence-corrected chi connectivity index (χ4v) is 5.21. The van der Waals surface area contributed by atoms with Gasteiger partial charge in [0.1, 0.15) is 5.75 Å². The van der Waals surface area contributed by atoms with Crippen LogP contribution in [0.3, 0.4) is 0 Å². The summed E-state index contributed by atoms with van der Waals surface area (Å²) in [6, 6.07) is 28.0. The van der Waals surface area contributed by atoms with Crippen molar-refractivity contribution in [1.82, 2.24) is 9.38 Å². The summed E-state index contributed by atoms with van der Waals surface area (Å²) in [6.45, 7) is 2.89. The van der Waals surface area contributed by atoms with Crippen LogP contribution in [-0.2, 0) is 0 Å². The molecule has 0 saturated carbocycles. The number of hydrogen-bond donors (Lipinski definition) is 0. The third-order valence-corrected chi connectivity index (χ3v) is 6.99. The van der Waals surface area contributed by atoms with E-state index >= 15 is 0 Å². The van der Waals surface area contributed by atoms with E-state index in [-0.39, 0.29) is 5.56 Å². The topological polar surface area (TPSA) is 43.6 Å². The molecule has 0 unspecified atom stereocenters. The van der Waals surface area contributed by atoms with Crippen molar-refractivity contribution in [3.05, 3.63) is 105 Å². The summed E-state index contributed by atoms with van der Waals surface area (Å²) in [7, 11) is 0. The largest absolute Gasteiger partial charge is 0.493 e. The van der Waals surface area contributed by atoms with Gasteiger partial charge in [0.15, 0.2) is 4.96 Å². The summed E-state index contributed by atoms with van der Waals surface area (Å²) in [6.07, 6.45) is 6.56. The first kappa shape index (κ1) is 23.1. The van der Waals surface area contributed by atoms with Crippen LogP contribution >= 0.6 is 11.3 Å². The Labute approximate surface area is 209 Å². The molecule has 3 aromatic carbocycles. The molecule has 2 aromatic heterocycles. The van der Waals surface area contributed by atoms with Crippen LogP contribution in [0.5, 0.6) is 5.75 Å². The normalized spacial score (nSPS) is 11.9. The molecule has 5 heteroatoms. The molecule has 0 saturated heterocycles. The summed E-state index contributed by atoms with van der Waals surface area (Å²) in [5.74, 6) is 0.808. The van der Waals surface area contributed by atoms with E-state index in [1.54, 1.807) is 4.40 Å². The zero-order chi connectivity index (χ0) is 24.0. The Morgan fingerprint density at radius 1 is 0.857 bits per heavy atom. The van der Waals surface area contributed by atoms with Crippen LogP contribution in [0, 0.1) is 0 Å².